The molecule has 1 aromatic carbocycles. The number of carbonyl (C=O) groups is 1. The summed E-state index contributed by atoms with van der Waals surface area (Å²) in [4.78, 5) is 11.7. The van der Waals surface area contributed by atoms with Gasteiger partial charge in [-0.05, 0) is 18.2 Å². The van der Waals surface area contributed by atoms with Crippen molar-refractivity contribution in [1.82, 2.24) is 10.9 Å². The van der Waals surface area contributed by atoms with Gasteiger partial charge >= 0.3 is 0 Å². The van der Waals surface area contributed by atoms with Gasteiger partial charge in [-0.2, -0.15) is 0 Å². The maximum Gasteiger partial charge on any atom is 0.242 e. The largest absolute Gasteiger partial charge is 0.325 e. The summed E-state index contributed by atoms with van der Waals surface area (Å²) in [6.07, 6.45) is 0.268. The second kappa shape index (κ2) is 4.56. The number of nitrogens with two attached hydrogens (primary N) is 1. The quantitative estimate of drug-likeness (QED) is 0.566. The van der Waals surface area contributed by atoms with E-state index in [9.17, 15) is 9.18 Å². The van der Waals surface area contributed by atoms with E-state index in [-0.39, 0.29) is 17.9 Å². The van der Waals surface area contributed by atoms with Gasteiger partial charge in [-0.15, -0.1) is 0 Å². The molecule has 6 heteroatoms. The van der Waals surface area contributed by atoms with Gasteiger partial charge in [0.1, 0.15) is 11.9 Å². The molecule has 0 bridgehead atoms. The standard InChI is InChI=1S/C10H13FN4O/c11-6-2-1-3-7(4-6)13-10(16)8-5-9(12)15-14-8/h1-4,8-9,14-15H,5,12H2,(H,13,16). The van der Waals surface area contributed by atoms with Crippen LogP contribution in [0.4, 0.5) is 10.1 Å². The van der Waals surface area contributed by atoms with E-state index in [1.54, 1.807) is 6.07 Å². The number of halogens is 1. The second-order valence-electron chi connectivity index (χ2n) is 3.68. The van der Waals surface area contributed by atoms with Crippen LogP contribution in [0.1, 0.15) is 6.42 Å². The Kier molecular flexibility index (Phi) is 3.14. The molecule has 1 saturated heterocycles. The monoisotopic (exact) mass is 224 g/mol. The van der Waals surface area contributed by atoms with Gasteiger partial charge in [-0.25, -0.2) is 15.2 Å². The number of amides is 1. The van der Waals surface area contributed by atoms with E-state index in [1.807, 2.05) is 0 Å². The summed E-state index contributed by atoms with van der Waals surface area (Å²) in [6.45, 7) is 0. The molecule has 1 aliphatic heterocycles. The van der Waals surface area contributed by atoms with Crippen LogP contribution in [-0.2, 0) is 4.79 Å². The van der Waals surface area contributed by atoms with E-state index >= 15 is 0 Å². The van der Waals surface area contributed by atoms with Gasteiger partial charge in [0.15, 0.2) is 0 Å². The van der Waals surface area contributed by atoms with E-state index in [0.29, 0.717) is 12.1 Å². The van der Waals surface area contributed by atoms with E-state index < -0.39 is 6.04 Å². The first-order chi connectivity index (χ1) is 7.65. The number of hydrogen-bond donors (Lipinski definition) is 4. The molecule has 86 valence electrons. The molecule has 0 radical (unpaired) electrons. The lowest BCUT2D eigenvalue weighted by Crippen LogP contribution is -2.41. The highest BCUT2D eigenvalue weighted by Crippen LogP contribution is 2.11. The Balaban J connectivity index is 1.97. The molecule has 0 aliphatic carbocycles. The van der Waals surface area contributed by atoms with Crippen molar-refractivity contribution in [2.75, 3.05) is 5.32 Å². The summed E-state index contributed by atoms with van der Waals surface area (Å²) < 4.78 is 12.9. The van der Waals surface area contributed by atoms with Crippen molar-refractivity contribution in [1.29, 1.82) is 0 Å². The molecule has 5 nitrogen and oxygen atoms in total. The highest BCUT2D eigenvalue weighted by molar-refractivity contribution is 5.94. The molecule has 2 rings (SSSR count). The Morgan fingerprint density at radius 3 is 2.94 bits per heavy atom. The highest BCUT2D eigenvalue weighted by Gasteiger charge is 2.26. The van der Waals surface area contributed by atoms with Crippen LogP contribution < -0.4 is 21.9 Å². The number of hydrogen-bond acceptors (Lipinski definition) is 4. The highest BCUT2D eigenvalue weighted by atomic mass is 19.1. The minimum atomic E-state index is -0.390. The Morgan fingerprint density at radius 1 is 1.50 bits per heavy atom. The van der Waals surface area contributed by atoms with E-state index in [4.69, 9.17) is 5.73 Å². The van der Waals surface area contributed by atoms with Crippen LogP contribution >= 0.6 is 0 Å². The van der Waals surface area contributed by atoms with Crippen molar-refractivity contribution in [3.8, 4) is 0 Å². The SMILES string of the molecule is NC1CC(C(=O)Nc2cccc(F)c2)NN1. The van der Waals surface area contributed by atoms with Crippen LogP contribution in [0.5, 0.6) is 0 Å². The number of hydrazine groups is 1. The molecule has 2 atom stereocenters. The first-order valence-electron chi connectivity index (χ1n) is 4.98. The zero-order valence-electron chi connectivity index (χ0n) is 8.53. The molecule has 1 aromatic rings. The lowest BCUT2D eigenvalue weighted by atomic mass is 10.2. The predicted octanol–water partition coefficient (Wildman–Crippen LogP) is -0.0845. The molecular weight excluding hydrogens is 211 g/mol. The lowest BCUT2D eigenvalue weighted by molar-refractivity contribution is -0.117. The molecule has 2 unspecified atom stereocenters. The maximum atomic E-state index is 12.9. The summed E-state index contributed by atoms with van der Waals surface area (Å²) in [6, 6.07) is 5.36. The smallest absolute Gasteiger partial charge is 0.242 e. The van der Waals surface area contributed by atoms with Gasteiger partial charge in [0.25, 0.3) is 0 Å². The summed E-state index contributed by atoms with van der Waals surface area (Å²) >= 11 is 0. The van der Waals surface area contributed by atoms with E-state index in [1.165, 1.54) is 18.2 Å². The fourth-order valence-corrected chi connectivity index (χ4v) is 1.55. The molecule has 1 heterocycles. The van der Waals surface area contributed by atoms with Crippen LogP contribution in [-0.4, -0.2) is 18.1 Å². The summed E-state index contributed by atoms with van der Waals surface area (Å²) in [5, 5.41) is 2.61. The molecule has 0 spiro atoms. The molecule has 16 heavy (non-hydrogen) atoms. The van der Waals surface area contributed by atoms with Crippen molar-refractivity contribution >= 4 is 11.6 Å². The first-order valence-corrected chi connectivity index (χ1v) is 4.98. The summed E-state index contributed by atoms with van der Waals surface area (Å²) in [5.74, 6) is -0.613. The number of anilines is 1. The Hall–Kier alpha value is -1.50. The molecule has 1 fully saturated rings. The van der Waals surface area contributed by atoms with Gasteiger partial charge in [0.2, 0.25) is 5.91 Å². The number of benzene rings is 1. The molecule has 5 N–H and O–H groups in total. The fraction of sp³-hybridized carbons (Fsp3) is 0.300. The average Bonchev–Trinajstić information content (AvgIpc) is 2.65. The van der Waals surface area contributed by atoms with Crippen LogP contribution in [0.3, 0.4) is 0 Å². The van der Waals surface area contributed by atoms with Gasteiger partial charge < -0.3 is 11.1 Å². The third-order valence-electron chi connectivity index (χ3n) is 2.34. The van der Waals surface area contributed by atoms with Crippen LogP contribution in [0.2, 0.25) is 0 Å². The number of rotatable bonds is 2. The van der Waals surface area contributed by atoms with Crippen LogP contribution in [0.15, 0.2) is 24.3 Å². The van der Waals surface area contributed by atoms with Crippen molar-refractivity contribution in [3.63, 3.8) is 0 Å². The second-order valence-corrected chi connectivity index (χ2v) is 3.68. The zero-order chi connectivity index (χ0) is 11.5. The maximum absolute atomic E-state index is 12.9. The van der Waals surface area contributed by atoms with Crippen molar-refractivity contribution in [2.45, 2.75) is 18.6 Å². The van der Waals surface area contributed by atoms with Crippen LogP contribution in [0.25, 0.3) is 0 Å². The molecule has 1 amide bonds. The number of nitrogens with one attached hydrogen (secondary N) is 3. The van der Waals surface area contributed by atoms with Gasteiger partial charge in [0, 0.05) is 12.1 Å². The van der Waals surface area contributed by atoms with Crippen LogP contribution in [0, 0.1) is 5.82 Å². The predicted molar refractivity (Wildman–Crippen MR) is 57.7 cm³/mol. The van der Waals surface area contributed by atoms with Crippen molar-refractivity contribution < 1.29 is 9.18 Å². The van der Waals surface area contributed by atoms with E-state index in [2.05, 4.69) is 16.2 Å². The number of carbonyl (C=O) groups excluding carboxylic acids is 1. The molecule has 0 aromatic heterocycles. The summed E-state index contributed by atoms with van der Waals surface area (Å²) in [5.41, 5.74) is 11.5. The lowest BCUT2D eigenvalue weighted by Gasteiger charge is -2.10. The van der Waals surface area contributed by atoms with Crippen molar-refractivity contribution in [2.24, 2.45) is 5.73 Å². The minimum Gasteiger partial charge on any atom is -0.325 e. The minimum absolute atomic E-state index is 0.231. The zero-order valence-corrected chi connectivity index (χ0v) is 8.53. The van der Waals surface area contributed by atoms with Gasteiger partial charge in [-0.3, -0.25) is 4.79 Å². The van der Waals surface area contributed by atoms with Gasteiger partial charge in [-0.1, -0.05) is 6.07 Å². The summed E-state index contributed by atoms with van der Waals surface area (Å²) in [7, 11) is 0. The normalized spacial score (nSPS) is 24.4. The van der Waals surface area contributed by atoms with Crippen molar-refractivity contribution in [3.05, 3.63) is 30.1 Å². The Bertz CT molecular complexity index is 398. The third kappa shape index (κ3) is 2.54. The molecular formula is C10H13FN4O. The Labute approximate surface area is 92.2 Å². The Morgan fingerprint density at radius 2 is 2.31 bits per heavy atom. The average molecular weight is 224 g/mol. The molecule has 1 aliphatic rings. The topological polar surface area (TPSA) is 79.2 Å². The van der Waals surface area contributed by atoms with Gasteiger partial charge in [0.05, 0.1) is 6.17 Å². The first kappa shape index (κ1) is 11.0. The fourth-order valence-electron chi connectivity index (χ4n) is 1.55. The third-order valence-corrected chi connectivity index (χ3v) is 2.34. The van der Waals surface area contributed by atoms with E-state index in [0.717, 1.165) is 0 Å². The molecule has 0 saturated carbocycles.